The van der Waals surface area contributed by atoms with E-state index in [1.165, 1.54) is 5.56 Å². The third-order valence-electron chi connectivity index (χ3n) is 3.12. The lowest BCUT2D eigenvalue weighted by Crippen LogP contribution is -2.44. The zero-order valence-corrected chi connectivity index (χ0v) is 11.2. The number of amides is 2. The quantitative estimate of drug-likeness (QED) is 0.802. The molecule has 0 spiro atoms. The molecule has 5 heteroatoms. The van der Waals surface area contributed by atoms with Gasteiger partial charge in [-0.05, 0) is 49.9 Å². The average Bonchev–Trinajstić information content (AvgIpc) is 3.21. The Morgan fingerprint density at radius 1 is 1.21 bits per heavy atom. The van der Waals surface area contributed by atoms with Gasteiger partial charge in [-0.2, -0.15) is 0 Å². The number of hydrogen-bond acceptors (Lipinski definition) is 3. The van der Waals surface area contributed by atoms with Gasteiger partial charge in [0.15, 0.2) is 6.61 Å². The zero-order valence-electron chi connectivity index (χ0n) is 11.2. The molecule has 19 heavy (non-hydrogen) atoms. The van der Waals surface area contributed by atoms with Crippen molar-refractivity contribution in [1.29, 1.82) is 0 Å². The summed E-state index contributed by atoms with van der Waals surface area (Å²) in [7, 11) is 0. The maximum absolute atomic E-state index is 11.5. The molecule has 0 aromatic heterocycles. The van der Waals surface area contributed by atoms with Gasteiger partial charge in [-0.15, -0.1) is 0 Å². The number of carbonyl (C=O) groups excluding carboxylic acids is 2. The van der Waals surface area contributed by atoms with E-state index in [1.54, 1.807) is 0 Å². The van der Waals surface area contributed by atoms with Crippen LogP contribution < -0.4 is 15.6 Å². The lowest BCUT2D eigenvalue weighted by molar-refractivity contribution is -0.130. The molecule has 0 aliphatic heterocycles. The minimum Gasteiger partial charge on any atom is -0.484 e. The van der Waals surface area contributed by atoms with Crippen molar-refractivity contribution in [1.82, 2.24) is 10.9 Å². The highest BCUT2D eigenvalue weighted by molar-refractivity contribution is 5.85. The van der Waals surface area contributed by atoms with Gasteiger partial charge in [-0.3, -0.25) is 20.4 Å². The van der Waals surface area contributed by atoms with Gasteiger partial charge in [0.25, 0.3) is 5.91 Å². The molecule has 2 N–H and O–H groups in total. The van der Waals surface area contributed by atoms with Crippen LogP contribution in [0.15, 0.2) is 18.2 Å². The van der Waals surface area contributed by atoms with Crippen LogP contribution in [0.25, 0.3) is 0 Å². The van der Waals surface area contributed by atoms with Gasteiger partial charge in [-0.1, -0.05) is 6.07 Å². The number of rotatable bonds is 4. The smallest absolute Gasteiger partial charge is 0.276 e. The van der Waals surface area contributed by atoms with Crippen LogP contribution in [0, 0.1) is 19.8 Å². The molecule has 0 unspecified atom stereocenters. The SMILES string of the molecule is Cc1ccc(OCC(=O)NNC(=O)C2CC2)cc1C. The van der Waals surface area contributed by atoms with Gasteiger partial charge in [-0.25, -0.2) is 0 Å². The summed E-state index contributed by atoms with van der Waals surface area (Å²) in [5, 5.41) is 0. The summed E-state index contributed by atoms with van der Waals surface area (Å²) in [5.41, 5.74) is 7.00. The predicted octanol–water partition coefficient (Wildman–Crippen LogP) is 1.24. The maximum Gasteiger partial charge on any atom is 0.276 e. The van der Waals surface area contributed by atoms with E-state index in [2.05, 4.69) is 10.9 Å². The largest absolute Gasteiger partial charge is 0.484 e. The molecule has 0 heterocycles. The van der Waals surface area contributed by atoms with Crippen LogP contribution in [0.5, 0.6) is 5.75 Å². The highest BCUT2D eigenvalue weighted by Crippen LogP contribution is 2.28. The van der Waals surface area contributed by atoms with Crippen LogP contribution in [0.4, 0.5) is 0 Å². The Kier molecular flexibility index (Phi) is 4.04. The summed E-state index contributed by atoms with van der Waals surface area (Å²) in [6.07, 6.45) is 1.81. The minimum absolute atomic E-state index is 0.0703. The minimum atomic E-state index is -0.368. The molecule has 102 valence electrons. The predicted molar refractivity (Wildman–Crippen MR) is 70.4 cm³/mol. The zero-order chi connectivity index (χ0) is 13.8. The van der Waals surface area contributed by atoms with Crippen LogP contribution in [-0.4, -0.2) is 18.4 Å². The van der Waals surface area contributed by atoms with Crippen molar-refractivity contribution in [2.45, 2.75) is 26.7 Å². The van der Waals surface area contributed by atoms with Crippen molar-refractivity contribution in [2.75, 3.05) is 6.61 Å². The Morgan fingerprint density at radius 3 is 2.58 bits per heavy atom. The molecule has 1 saturated carbocycles. The van der Waals surface area contributed by atoms with E-state index in [0.717, 1.165) is 18.4 Å². The van der Waals surface area contributed by atoms with E-state index < -0.39 is 0 Å². The standard InChI is InChI=1S/C14H18N2O3/c1-9-3-6-12(7-10(9)2)19-8-13(17)15-16-14(18)11-4-5-11/h3,6-7,11H,4-5,8H2,1-2H3,(H,15,17)(H,16,18). The van der Waals surface area contributed by atoms with Crippen molar-refractivity contribution in [3.05, 3.63) is 29.3 Å². The Bertz CT molecular complexity index is 495. The summed E-state index contributed by atoms with van der Waals surface area (Å²) in [5.74, 6) is 0.222. The first kappa shape index (κ1) is 13.4. The second-order valence-corrected chi connectivity index (χ2v) is 4.85. The summed E-state index contributed by atoms with van der Waals surface area (Å²) < 4.78 is 5.35. The van der Waals surface area contributed by atoms with Crippen molar-refractivity contribution in [3.63, 3.8) is 0 Å². The van der Waals surface area contributed by atoms with E-state index in [-0.39, 0.29) is 24.3 Å². The fourth-order valence-electron chi connectivity index (χ4n) is 1.57. The average molecular weight is 262 g/mol. The maximum atomic E-state index is 11.5. The molecule has 2 amide bonds. The first-order chi connectivity index (χ1) is 9.06. The monoisotopic (exact) mass is 262 g/mol. The summed E-state index contributed by atoms with van der Waals surface area (Å²) in [6, 6.07) is 5.64. The Balaban J connectivity index is 1.73. The molecule has 0 atom stereocenters. The summed E-state index contributed by atoms with van der Waals surface area (Å²) in [4.78, 5) is 22.8. The van der Waals surface area contributed by atoms with E-state index in [1.807, 2.05) is 32.0 Å². The fourth-order valence-corrected chi connectivity index (χ4v) is 1.57. The third-order valence-corrected chi connectivity index (χ3v) is 3.12. The van der Waals surface area contributed by atoms with Crippen molar-refractivity contribution >= 4 is 11.8 Å². The van der Waals surface area contributed by atoms with Crippen molar-refractivity contribution in [3.8, 4) is 5.75 Å². The Labute approximate surface area is 112 Å². The van der Waals surface area contributed by atoms with Gasteiger partial charge in [0.2, 0.25) is 5.91 Å². The molecular weight excluding hydrogens is 244 g/mol. The van der Waals surface area contributed by atoms with E-state index in [4.69, 9.17) is 4.74 Å². The van der Waals surface area contributed by atoms with Gasteiger partial charge in [0, 0.05) is 5.92 Å². The number of hydrazine groups is 1. The number of aryl methyl sites for hydroxylation is 2. The lowest BCUT2D eigenvalue weighted by atomic mass is 10.1. The fraction of sp³-hybridized carbons (Fsp3) is 0.429. The van der Waals surface area contributed by atoms with E-state index in [0.29, 0.717) is 5.75 Å². The van der Waals surface area contributed by atoms with E-state index >= 15 is 0 Å². The molecule has 2 rings (SSSR count). The Morgan fingerprint density at radius 2 is 1.95 bits per heavy atom. The van der Waals surface area contributed by atoms with Crippen LogP contribution in [0.3, 0.4) is 0 Å². The van der Waals surface area contributed by atoms with Crippen LogP contribution in [0.1, 0.15) is 24.0 Å². The molecule has 1 aromatic carbocycles. The van der Waals surface area contributed by atoms with Gasteiger partial charge in [0.05, 0.1) is 0 Å². The third kappa shape index (κ3) is 3.98. The van der Waals surface area contributed by atoms with Crippen LogP contribution in [-0.2, 0) is 9.59 Å². The number of benzene rings is 1. The molecule has 0 saturated heterocycles. The highest BCUT2D eigenvalue weighted by Gasteiger charge is 2.29. The Hall–Kier alpha value is -2.04. The highest BCUT2D eigenvalue weighted by atomic mass is 16.5. The first-order valence-electron chi connectivity index (χ1n) is 6.35. The van der Waals surface area contributed by atoms with E-state index in [9.17, 15) is 9.59 Å². The molecule has 5 nitrogen and oxygen atoms in total. The van der Waals surface area contributed by atoms with Crippen molar-refractivity contribution in [2.24, 2.45) is 5.92 Å². The lowest BCUT2D eigenvalue weighted by Gasteiger charge is -2.09. The van der Waals surface area contributed by atoms with Gasteiger partial charge >= 0.3 is 0 Å². The summed E-state index contributed by atoms with van der Waals surface area (Å²) in [6.45, 7) is 3.88. The van der Waals surface area contributed by atoms with Crippen molar-refractivity contribution < 1.29 is 14.3 Å². The number of hydrogen-bond donors (Lipinski definition) is 2. The van der Waals surface area contributed by atoms with Crippen LogP contribution >= 0.6 is 0 Å². The topological polar surface area (TPSA) is 67.4 Å². The normalized spacial score (nSPS) is 13.8. The van der Waals surface area contributed by atoms with Crippen LogP contribution in [0.2, 0.25) is 0 Å². The molecule has 1 aromatic rings. The molecule has 0 bridgehead atoms. The number of nitrogens with one attached hydrogen (secondary N) is 2. The molecule has 0 radical (unpaired) electrons. The second-order valence-electron chi connectivity index (χ2n) is 4.85. The van der Waals surface area contributed by atoms with Gasteiger partial charge in [0.1, 0.15) is 5.75 Å². The molecule has 1 fully saturated rings. The molecule has 1 aliphatic carbocycles. The summed E-state index contributed by atoms with van der Waals surface area (Å²) >= 11 is 0. The number of carbonyl (C=O) groups is 2. The molecular formula is C14H18N2O3. The molecule has 1 aliphatic rings. The first-order valence-corrected chi connectivity index (χ1v) is 6.35. The number of ether oxygens (including phenoxy) is 1. The second kappa shape index (κ2) is 5.73. The van der Waals surface area contributed by atoms with Gasteiger partial charge < -0.3 is 4.74 Å².